The van der Waals surface area contributed by atoms with Crippen molar-refractivity contribution in [3.63, 3.8) is 0 Å². The number of hydrogen-bond donors (Lipinski definition) is 0. The second kappa shape index (κ2) is 5.25. The summed E-state index contributed by atoms with van der Waals surface area (Å²) < 4.78 is 67.7. The van der Waals surface area contributed by atoms with Gasteiger partial charge < -0.3 is 4.55 Å². The van der Waals surface area contributed by atoms with Crippen LogP contribution in [-0.2, 0) is 11.1 Å². The molecule has 0 bridgehead atoms. The van der Waals surface area contributed by atoms with Crippen LogP contribution >= 0.6 is 0 Å². The van der Waals surface area contributed by atoms with Crippen LogP contribution in [0.25, 0.3) is 0 Å². The molecule has 0 aliphatic rings. The fourth-order valence-corrected chi connectivity index (χ4v) is 0. The molecule has 2 nitrogen and oxygen atoms in total. The molecule has 0 aromatic rings. The van der Waals surface area contributed by atoms with E-state index < -0.39 is 30.0 Å². The first-order valence-corrected chi connectivity index (χ1v) is 2.11. The molecule has 0 N–H and O–H groups in total. The molecule has 0 aromatic heterocycles. The summed E-state index contributed by atoms with van der Waals surface area (Å²) in [6, 6.07) is 0. The summed E-state index contributed by atoms with van der Waals surface area (Å²) in [5.41, 5.74) is 0. The molecule has 7 heavy (non-hydrogen) atoms. The van der Waals surface area contributed by atoms with E-state index in [2.05, 4.69) is 0 Å². The fourth-order valence-electron chi connectivity index (χ4n) is 0. The summed E-state index contributed by atoms with van der Waals surface area (Å²) in [5.74, 6) is 0. The molecule has 0 aliphatic heterocycles. The smallest absolute Gasteiger partial charge is 0.772 e. The number of rotatable bonds is 1. The van der Waals surface area contributed by atoms with Crippen LogP contribution in [0.3, 0.4) is 0 Å². The zero-order valence-corrected chi connectivity index (χ0v) is 6.54. The van der Waals surface area contributed by atoms with Crippen molar-refractivity contribution in [1.29, 1.82) is 0 Å². The molecule has 1 atom stereocenters. The molecule has 38 valence electrons. The van der Waals surface area contributed by atoms with Gasteiger partial charge in [0.1, 0.15) is 0 Å². The van der Waals surface area contributed by atoms with E-state index in [0.29, 0.717) is 0 Å². The molecular formula is C3H7NaO2S. The van der Waals surface area contributed by atoms with Crippen molar-refractivity contribution in [3.05, 3.63) is 0 Å². The van der Waals surface area contributed by atoms with Crippen molar-refractivity contribution in [2.24, 2.45) is 0 Å². The quantitative estimate of drug-likeness (QED) is 0.291. The maximum Gasteiger partial charge on any atom is 1.00 e. The Labute approximate surface area is 78.1 Å². The van der Waals surface area contributed by atoms with Gasteiger partial charge in [-0.05, 0) is 0 Å². The van der Waals surface area contributed by atoms with Crippen LogP contribution in [0.1, 0.15) is 23.3 Å². The van der Waals surface area contributed by atoms with E-state index in [-0.39, 0.29) is 29.6 Å². The van der Waals surface area contributed by atoms with Gasteiger partial charge in [0.05, 0.1) is 0 Å². The minimum absolute atomic E-state index is 0. The molecule has 4 heteroatoms. The molecule has 0 aromatic carbocycles. The third-order valence-corrected chi connectivity index (χ3v) is 0.500. The van der Waals surface area contributed by atoms with Gasteiger partial charge >= 0.3 is 29.6 Å². The third kappa shape index (κ3) is 7.11. The van der Waals surface area contributed by atoms with Crippen LogP contribution in [0.4, 0.5) is 0 Å². The van der Waals surface area contributed by atoms with Gasteiger partial charge in [-0.15, -0.1) is 0 Å². The minimum Gasteiger partial charge on any atom is -0.772 e. The third-order valence-electron chi connectivity index (χ3n) is 0.167. The molecular weight excluding hydrogens is 123 g/mol. The van der Waals surface area contributed by atoms with Crippen LogP contribution in [-0.4, -0.2) is 14.0 Å². The van der Waals surface area contributed by atoms with Crippen molar-refractivity contribution in [2.75, 3.05) is 0 Å². The molecule has 0 heterocycles. The van der Waals surface area contributed by atoms with Gasteiger partial charge in [0.15, 0.2) is 0 Å². The Kier molecular flexibility index (Phi) is 1.79. The predicted molar refractivity (Wildman–Crippen MR) is 24.1 cm³/mol. The Hall–Kier alpha value is 1.11. The summed E-state index contributed by atoms with van der Waals surface area (Å²) in [4.78, 5) is 0. The molecule has 0 radical (unpaired) electrons. The maximum atomic E-state index is 10.4. The van der Waals surface area contributed by atoms with E-state index in [1.807, 2.05) is 0 Å². The van der Waals surface area contributed by atoms with Gasteiger partial charge in [-0.25, -0.2) is 0 Å². The normalized spacial score (nSPS) is 33.0. The summed E-state index contributed by atoms with van der Waals surface area (Å²) in [6.45, 7) is -6.80. The Morgan fingerprint density at radius 2 is 2.43 bits per heavy atom. The summed E-state index contributed by atoms with van der Waals surface area (Å²) in [7, 11) is 0. The van der Waals surface area contributed by atoms with Crippen molar-refractivity contribution in [1.82, 2.24) is 0 Å². The average Bonchev–Trinajstić information content (AvgIpc) is 1.80. The predicted octanol–water partition coefficient (Wildman–Crippen LogP) is -2.72. The molecule has 0 spiro atoms. The van der Waals surface area contributed by atoms with Crippen molar-refractivity contribution in [3.8, 4) is 0 Å². The summed E-state index contributed by atoms with van der Waals surface area (Å²) >= 11 is -3.52. The Morgan fingerprint density at radius 3 is 2.43 bits per heavy atom. The molecule has 0 fully saturated rings. The van der Waals surface area contributed by atoms with E-state index in [4.69, 9.17) is 9.60 Å². The molecule has 0 saturated heterocycles. The van der Waals surface area contributed by atoms with Crippen molar-refractivity contribution < 1.29 is 47.9 Å². The van der Waals surface area contributed by atoms with Crippen LogP contribution in [0.2, 0.25) is 0 Å². The topological polar surface area (TPSA) is 40.1 Å². The van der Waals surface area contributed by atoms with Crippen LogP contribution in [0.5, 0.6) is 0 Å². The van der Waals surface area contributed by atoms with E-state index in [1.165, 1.54) is 0 Å². The second-order valence-electron chi connectivity index (χ2n) is 0.564. The van der Waals surface area contributed by atoms with Crippen molar-refractivity contribution >= 4 is 11.1 Å². The van der Waals surface area contributed by atoms with Gasteiger partial charge in [-0.2, -0.15) is 0 Å². The van der Waals surface area contributed by atoms with E-state index in [9.17, 15) is 8.76 Å². The summed E-state index contributed by atoms with van der Waals surface area (Å²) in [6.07, 6.45) is 0. The standard InChI is InChI=1S/C3H8O2S.Na/c1-3(2)6(4)5;/h3H,1-2H3,(H,4,5);/q;+1/p-1/i1D3,2D3,3D;. The monoisotopic (exact) mass is 137 g/mol. The largest absolute Gasteiger partial charge is 1.00 e. The zero-order chi connectivity index (χ0) is 11.1. The second-order valence-corrected chi connectivity index (χ2v) is 1.44. The van der Waals surface area contributed by atoms with E-state index >= 15 is 0 Å². The summed E-state index contributed by atoms with van der Waals surface area (Å²) in [5, 5.41) is -3.46. The van der Waals surface area contributed by atoms with Gasteiger partial charge in [-0.3, -0.25) is 4.21 Å². The fraction of sp³-hybridized carbons (Fsp3) is 1.00. The molecule has 0 saturated carbocycles. The van der Waals surface area contributed by atoms with E-state index in [0.717, 1.165) is 0 Å². The first-order valence-electron chi connectivity index (χ1n) is 4.54. The minimum atomic E-state index is -3.52. The van der Waals surface area contributed by atoms with E-state index in [1.54, 1.807) is 0 Å². The van der Waals surface area contributed by atoms with Crippen LogP contribution in [0.15, 0.2) is 0 Å². The average molecular weight is 137 g/mol. The van der Waals surface area contributed by atoms with Gasteiger partial charge in [0, 0.05) is 14.8 Å². The Bertz CT molecular complexity index is 208. The maximum absolute atomic E-state index is 10.4. The van der Waals surface area contributed by atoms with Gasteiger partial charge in [0.25, 0.3) is 0 Å². The Balaban J connectivity index is 0. The molecule has 0 amide bonds. The van der Waals surface area contributed by atoms with Crippen LogP contribution < -0.4 is 29.6 Å². The Morgan fingerprint density at radius 1 is 2.00 bits per heavy atom. The zero-order valence-electron chi connectivity index (χ0n) is 10.7. The van der Waals surface area contributed by atoms with Crippen LogP contribution in [0, 0.1) is 0 Å². The SMILES string of the molecule is [2H]C([2H])([2H])C([2H])(S(=O)[O-])C([2H])([2H])[2H].[Na+]. The molecule has 0 aliphatic carbocycles. The number of hydrogen-bond acceptors (Lipinski definition) is 2. The first kappa shape index (κ1) is 2.39. The van der Waals surface area contributed by atoms with Gasteiger partial charge in [-0.1, -0.05) is 24.8 Å². The van der Waals surface area contributed by atoms with Gasteiger partial charge in [0.2, 0.25) is 0 Å². The first-order chi connectivity index (χ1) is 5.44. The molecule has 1 unspecified atom stereocenters. The van der Waals surface area contributed by atoms with Crippen molar-refractivity contribution in [2.45, 2.75) is 18.9 Å². The molecule has 0 rings (SSSR count).